The van der Waals surface area contributed by atoms with Gasteiger partial charge in [0.25, 0.3) is 0 Å². The average molecular weight is 666 g/mol. The summed E-state index contributed by atoms with van der Waals surface area (Å²) in [6, 6.07) is 27.3. The third-order valence-corrected chi connectivity index (χ3v) is 7.77. The maximum Gasteiger partial charge on any atom is 0.480 e. The Bertz CT molecular complexity index is 2030. The predicted molar refractivity (Wildman–Crippen MR) is 178 cm³/mol. The molecule has 6 aromatic carbocycles. The lowest BCUT2D eigenvalue weighted by atomic mass is 9.66. The topological polar surface area (TPSA) is 58.9 Å². The van der Waals surface area contributed by atoms with E-state index in [0.717, 1.165) is 18.2 Å². The second kappa shape index (κ2) is 14.6. The van der Waals surface area contributed by atoms with Crippen LogP contribution in [0.5, 0.6) is 0 Å². The van der Waals surface area contributed by atoms with E-state index >= 15 is 13.2 Å². The molecule has 4 nitrogen and oxygen atoms in total. The SMILES string of the molecule is OB(OB(OB(O)c1ccc(-c2cccc(F)c2)cc1F)c1ccc(-c2cccc(F)c2)cc1F)c1ccc(-c2cccc(F)c2)cc1F. The molecule has 0 radical (unpaired) electrons. The highest BCUT2D eigenvalue weighted by molar-refractivity contribution is 6.79. The first kappa shape index (κ1) is 33.8. The van der Waals surface area contributed by atoms with Crippen molar-refractivity contribution in [1.82, 2.24) is 0 Å². The van der Waals surface area contributed by atoms with E-state index in [1.165, 1.54) is 91.0 Å². The molecule has 6 rings (SSSR count). The lowest BCUT2D eigenvalue weighted by molar-refractivity contribution is 0.353. The zero-order valence-corrected chi connectivity index (χ0v) is 25.3. The van der Waals surface area contributed by atoms with Gasteiger partial charge in [-0.2, -0.15) is 0 Å². The average Bonchev–Trinajstić information content (AvgIpc) is 3.07. The highest BCUT2D eigenvalue weighted by Gasteiger charge is 2.37. The molecular formula is C36H23B3F6O4. The van der Waals surface area contributed by atoms with Crippen molar-refractivity contribution in [2.75, 3.05) is 0 Å². The highest BCUT2D eigenvalue weighted by atomic mass is 19.1. The maximum absolute atomic E-state index is 15.7. The van der Waals surface area contributed by atoms with Gasteiger partial charge in [0, 0.05) is 16.4 Å². The summed E-state index contributed by atoms with van der Waals surface area (Å²) in [5.41, 5.74) is 0.804. The van der Waals surface area contributed by atoms with Gasteiger partial charge in [0.15, 0.2) is 0 Å². The van der Waals surface area contributed by atoms with Crippen molar-refractivity contribution in [3.63, 3.8) is 0 Å². The van der Waals surface area contributed by atoms with Crippen LogP contribution in [0.25, 0.3) is 33.4 Å². The number of hydrogen-bond donors (Lipinski definition) is 2. The smallest absolute Gasteiger partial charge is 0.444 e. The van der Waals surface area contributed by atoms with Gasteiger partial charge in [-0.15, -0.1) is 0 Å². The fourth-order valence-corrected chi connectivity index (χ4v) is 5.28. The van der Waals surface area contributed by atoms with E-state index in [-0.39, 0.29) is 11.0 Å². The third-order valence-electron chi connectivity index (χ3n) is 7.77. The number of hydrogen-bond acceptors (Lipinski definition) is 4. The molecule has 0 saturated carbocycles. The van der Waals surface area contributed by atoms with Crippen molar-refractivity contribution in [2.24, 2.45) is 0 Å². The summed E-state index contributed by atoms with van der Waals surface area (Å²) in [7, 11) is -6.14. The van der Waals surface area contributed by atoms with Crippen molar-refractivity contribution in [3.8, 4) is 33.4 Å². The van der Waals surface area contributed by atoms with Crippen molar-refractivity contribution in [3.05, 3.63) is 162 Å². The summed E-state index contributed by atoms with van der Waals surface area (Å²) in [4.78, 5) is 0. The van der Waals surface area contributed by atoms with E-state index in [2.05, 4.69) is 0 Å². The minimum Gasteiger partial charge on any atom is -0.444 e. The molecule has 13 heteroatoms. The molecule has 0 spiro atoms. The molecule has 242 valence electrons. The maximum atomic E-state index is 15.7. The van der Waals surface area contributed by atoms with Gasteiger partial charge in [0.05, 0.1) is 0 Å². The molecule has 0 atom stereocenters. The summed E-state index contributed by atoms with van der Waals surface area (Å²) in [6.45, 7) is 0. The second-order valence-electron chi connectivity index (χ2n) is 11.0. The molecule has 49 heavy (non-hydrogen) atoms. The lowest BCUT2D eigenvalue weighted by Gasteiger charge is -2.21. The lowest BCUT2D eigenvalue weighted by Crippen LogP contribution is -2.53. The standard InChI is InChI=1S/C36H23B3F6O4/c40-28-7-1-4-22(16-28)25-10-13-31(34(43)19-25)37(46)48-39(33-15-12-27(21-36(33)45)24-6-3-9-30(42)18-24)49-38(47)32-14-11-26(20-35(32)44)23-5-2-8-29(41)17-23/h1-21,46-47H. The second-order valence-corrected chi connectivity index (χ2v) is 11.0. The van der Waals surface area contributed by atoms with Crippen LogP contribution < -0.4 is 16.4 Å². The first-order chi connectivity index (χ1) is 23.5. The molecule has 0 aliphatic heterocycles. The predicted octanol–water partition coefficient (Wildman–Crippen LogP) is 6.03. The van der Waals surface area contributed by atoms with Crippen molar-refractivity contribution in [1.29, 1.82) is 0 Å². The molecule has 6 aromatic rings. The van der Waals surface area contributed by atoms with Crippen LogP contribution in [0.1, 0.15) is 0 Å². The van der Waals surface area contributed by atoms with Gasteiger partial charge in [0.1, 0.15) is 34.9 Å². The van der Waals surface area contributed by atoms with Gasteiger partial charge in [-0.1, -0.05) is 72.8 Å². The van der Waals surface area contributed by atoms with Crippen LogP contribution >= 0.6 is 0 Å². The molecule has 0 bridgehead atoms. The van der Waals surface area contributed by atoms with Crippen molar-refractivity contribution < 1.29 is 45.5 Å². The summed E-state index contributed by atoms with van der Waals surface area (Å²) >= 11 is 0. The Morgan fingerprint density at radius 3 is 0.980 bits per heavy atom. The van der Waals surface area contributed by atoms with Crippen molar-refractivity contribution in [2.45, 2.75) is 0 Å². The number of halogens is 6. The fraction of sp³-hybridized carbons (Fsp3) is 0. The molecular weight excluding hydrogens is 643 g/mol. The zero-order chi connectivity index (χ0) is 34.7. The van der Waals surface area contributed by atoms with Crippen LogP contribution in [0.2, 0.25) is 0 Å². The third kappa shape index (κ3) is 7.82. The summed E-state index contributed by atoms with van der Waals surface area (Å²) in [5.74, 6) is -4.48. The molecule has 0 aromatic heterocycles. The Kier molecular flexibility index (Phi) is 10.1. The summed E-state index contributed by atoms with van der Waals surface area (Å²) in [6.07, 6.45) is 0. The van der Waals surface area contributed by atoms with Crippen LogP contribution in [0.15, 0.2) is 127 Å². The van der Waals surface area contributed by atoms with Gasteiger partial charge in [-0.05, 0) is 88.0 Å². The number of benzene rings is 6. The molecule has 0 amide bonds. The van der Waals surface area contributed by atoms with Crippen molar-refractivity contribution >= 4 is 37.7 Å². The van der Waals surface area contributed by atoms with Gasteiger partial charge in [-0.3, -0.25) is 0 Å². The Morgan fingerprint density at radius 2 is 0.673 bits per heavy atom. The van der Waals surface area contributed by atoms with Crippen LogP contribution in [0, 0.1) is 34.9 Å². The van der Waals surface area contributed by atoms with Gasteiger partial charge in [-0.25, -0.2) is 26.3 Å². The van der Waals surface area contributed by atoms with Gasteiger partial charge in [0.2, 0.25) is 0 Å². The quantitative estimate of drug-likeness (QED) is 0.139. The Morgan fingerprint density at radius 1 is 0.367 bits per heavy atom. The van der Waals surface area contributed by atoms with E-state index in [0.29, 0.717) is 27.8 Å². The van der Waals surface area contributed by atoms with E-state index in [4.69, 9.17) is 9.14 Å². The fourth-order valence-electron chi connectivity index (χ4n) is 5.28. The Hall–Kier alpha value is -5.07. The first-order valence-corrected chi connectivity index (χ1v) is 14.9. The molecule has 0 fully saturated rings. The molecule has 0 unspecified atom stereocenters. The monoisotopic (exact) mass is 666 g/mol. The Balaban J connectivity index is 1.31. The largest absolute Gasteiger partial charge is 0.480 e. The minimum absolute atomic E-state index is 0.276. The van der Waals surface area contributed by atoms with E-state index < -0.39 is 67.2 Å². The van der Waals surface area contributed by atoms with Gasteiger partial charge >= 0.3 is 21.4 Å². The molecule has 0 saturated heterocycles. The van der Waals surface area contributed by atoms with Crippen LogP contribution in [-0.4, -0.2) is 31.4 Å². The highest BCUT2D eigenvalue weighted by Crippen LogP contribution is 2.23. The van der Waals surface area contributed by atoms with Gasteiger partial charge < -0.3 is 19.2 Å². The van der Waals surface area contributed by atoms with E-state index in [9.17, 15) is 23.2 Å². The van der Waals surface area contributed by atoms with E-state index in [1.54, 1.807) is 18.2 Å². The number of rotatable bonds is 10. The normalized spacial score (nSPS) is 11.0. The summed E-state index contributed by atoms with van der Waals surface area (Å²) in [5, 5.41) is 21.9. The molecule has 2 N–H and O–H groups in total. The summed E-state index contributed by atoms with van der Waals surface area (Å²) < 4.78 is 98.6. The van der Waals surface area contributed by atoms with Crippen LogP contribution in [0.4, 0.5) is 26.3 Å². The van der Waals surface area contributed by atoms with E-state index in [1.807, 2.05) is 0 Å². The molecule has 0 heterocycles. The molecule has 0 aliphatic carbocycles. The zero-order valence-electron chi connectivity index (χ0n) is 25.3. The Labute approximate surface area is 278 Å². The molecule has 0 aliphatic rings. The van der Waals surface area contributed by atoms with Crippen LogP contribution in [0.3, 0.4) is 0 Å². The minimum atomic E-state index is -2.10. The first-order valence-electron chi connectivity index (χ1n) is 14.9. The van der Waals surface area contributed by atoms with Crippen LogP contribution in [-0.2, 0) is 9.14 Å².